The summed E-state index contributed by atoms with van der Waals surface area (Å²) in [5.74, 6) is 6.04. The highest BCUT2D eigenvalue weighted by molar-refractivity contribution is 7.89. The molecule has 0 amide bonds. The normalized spacial score (nSPS) is 21.1. The minimum Gasteiger partial charge on any atom is -0.469 e. The molecule has 2 bridgehead atoms. The molecular formula is C31H34N2O8S. The number of sulfonamides is 1. The number of benzene rings is 2. The Kier molecular flexibility index (Phi) is 10.1. The molecule has 2 saturated carbocycles. The van der Waals surface area contributed by atoms with Crippen LogP contribution >= 0.6 is 0 Å². The molecule has 0 radical (unpaired) electrons. The van der Waals surface area contributed by atoms with Gasteiger partial charge in [0.25, 0.3) is 5.69 Å². The minimum absolute atomic E-state index is 0.0816. The topological polar surface area (TPSA) is 142 Å². The second-order valence-corrected chi connectivity index (χ2v) is 12.3. The molecule has 0 heterocycles. The van der Waals surface area contributed by atoms with Crippen LogP contribution in [0.3, 0.4) is 0 Å². The Bertz CT molecular complexity index is 1520. The van der Waals surface area contributed by atoms with Crippen molar-refractivity contribution < 1.29 is 32.4 Å². The summed E-state index contributed by atoms with van der Waals surface area (Å²) in [6.07, 6.45) is 9.58. The van der Waals surface area contributed by atoms with Crippen molar-refractivity contribution >= 4 is 27.6 Å². The number of carbonyl (C=O) groups excluding carboxylic acids is 2. The molecule has 2 aromatic carbocycles. The van der Waals surface area contributed by atoms with E-state index in [9.17, 15) is 28.1 Å². The average Bonchev–Trinajstić information content (AvgIpc) is 3.56. The molecule has 2 aromatic rings. The molecule has 42 heavy (non-hydrogen) atoms. The summed E-state index contributed by atoms with van der Waals surface area (Å²) in [7, 11) is -2.66. The zero-order valence-corrected chi connectivity index (χ0v) is 24.4. The van der Waals surface area contributed by atoms with Crippen LogP contribution in [0.2, 0.25) is 0 Å². The first kappa shape index (κ1) is 30.9. The predicted molar refractivity (Wildman–Crippen MR) is 155 cm³/mol. The number of methoxy groups -OCH3 is 1. The fourth-order valence-electron chi connectivity index (χ4n) is 5.87. The highest BCUT2D eigenvalue weighted by atomic mass is 32.2. The smallest absolute Gasteiger partial charge is 0.308 e. The van der Waals surface area contributed by atoms with Gasteiger partial charge in [0.2, 0.25) is 10.0 Å². The van der Waals surface area contributed by atoms with Crippen LogP contribution in [0, 0.1) is 39.7 Å². The number of nitrogens with zero attached hydrogens (tertiary/aromatic N) is 1. The Balaban J connectivity index is 1.46. The number of ether oxygens (including phenoxy) is 2. The SMILES string of the molecule is COC(=O)CCC/C=C\C[C@@H]1[C@H]2CC[C@H](C2)[C@H]1NS(=O)(=O)c1ccc(C#Cc2ccc(OC(C)=O)cc2)c([N+](=O)[O-])c1. The third kappa shape index (κ3) is 7.84. The largest absolute Gasteiger partial charge is 0.469 e. The zero-order chi connectivity index (χ0) is 30.3. The minimum atomic E-state index is -4.02. The number of fused-ring (bicyclic) bond motifs is 2. The van der Waals surface area contributed by atoms with E-state index in [0.717, 1.165) is 38.2 Å². The summed E-state index contributed by atoms with van der Waals surface area (Å²) in [4.78, 5) is 33.4. The lowest BCUT2D eigenvalue weighted by Gasteiger charge is -2.31. The highest BCUT2D eigenvalue weighted by Crippen LogP contribution is 2.50. The number of esters is 2. The van der Waals surface area contributed by atoms with Crippen molar-refractivity contribution in [2.75, 3.05) is 7.11 Å². The van der Waals surface area contributed by atoms with Crippen LogP contribution in [0.4, 0.5) is 5.69 Å². The van der Waals surface area contributed by atoms with E-state index in [0.29, 0.717) is 30.1 Å². The molecule has 1 N–H and O–H groups in total. The van der Waals surface area contributed by atoms with Crippen molar-refractivity contribution in [3.63, 3.8) is 0 Å². The van der Waals surface area contributed by atoms with Crippen LogP contribution in [0.25, 0.3) is 0 Å². The molecule has 0 aliphatic heterocycles. The lowest BCUT2D eigenvalue weighted by atomic mass is 9.83. The van der Waals surface area contributed by atoms with E-state index < -0.39 is 26.6 Å². The van der Waals surface area contributed by atoms with E-state index in [4.69, 9.17) is 4.74 Å². The van der Waals surface area contributed by atoms with Gasteiger partial charge in [-0.2, -0.15) is 0 Å². The second-order valence-electron chi connectivity index (χ2n) is 10.6. The van der Waals surface area contributed by atoms with Gasteiger partial charge >= 0.3 is 11.9 Å². The van der Waals surface area contributed by atoms with Crippen molar-refractivity contribution in [2.45, 2.75) is 62.8 Å². The van der Waals surface area contributed by atoms with Crippen LogP contribution in [-0.4, -0.2) is 38.4 Å². The number of rotatable bonds is 11. The van der Waals surface area contributed by atoms with E-state index in [2.05, 4.69) is 27.4 Å². The Morgan fingerprint density at radius 1 is 1.10 bits per heavy atom. The van der Waals surface area contributed by atoms with Crippen LogP contribution in [0.1, 0.15) is 63.0 Å². The van der Waals surface area contributed by atoms with Gasteiger partial charge in [-0.3, -0.25) is 19.7 Å². The molecule has 4 rings (SSSR count). The molecule has 10 nitrogen and oxygen atoms in total. The van der Waals surface area contributed by atoms with Crippen molar-refractivity contribution in [2.24, 2.45) is 17.8 Å². The van der Waals surface area contributed by atoms with E-state index >= 15 is 0 Å². The first-order chi connectivity index (χ1) is 20.1. The first-order valence-corrected chi connectivity index (χ1v) is 15.4. The lowest BCUT2D eigenvalue weighted by Crippen LogP contribution is -2.43. The number of nitro groups is 1. The molecule has 0 spiro atoms. The number of nitro benzene ring substituents is 1. The molecule has 0 unspecified atom stereocenters. The van der Waals surface area contributed by atoms with Crippen molar-refractivity contribution in [3.8, 4) is 17.6 Å². The van der Waals surface area contributed by atoms with Gasteiger partial charge in [0.15, 0.2) is 0 Å². The summed E-state index contributed by atoms with van der Waals surface area (Å²) in [5.41, 5.74) is 0.220. The molecule has 2 aliphatic carbocycles. The van der Waals surface area contributed by atoms with Gasteiger partial charge in [-0.1, -0.05) is 24.0 Å². The number of allylic oxidation sites excluding steroid dienone is 2. The maximum absolute atomic E-state index is 13.4. The van der Waals surface area contributed by atoms with Gasteiger partial charge in [0, 0.05) is 31.0 Å². The average molecular weight is 595 g/mol. The maximum atomic E-state index is 13.4. The number of hydrogen-bond acceptors (Lipinski definition) is 8. The third-order valence-corrected chi connectivity index (χ3v) is 9.32. The number of unbranched alkanes of at least 4 members (excludes halogenated alkanes) is 1. The van der Waals surface area contributed by atoms with Crippen LogP contribution in [0.15, 0.2) is 59.5 Å². The fraction of sp³-hybridized carbons (Fsp3) is 0.419. The highest BCUT2D eigenvalue weighted by Gasteiger charge is 2.48. The van der Waals surface area contributed by atoms with Crippen LogP contribution < -0.4 is 9.46 Å². The Hall–Kier alpha value is -4.01. The van der Waals surface area contributed by atoms with Gasteiger partial charge in [0.1, 0.15) is 11.3 Å². The van der Waals surface area contributed by atoms with Crippen molar-refractivity contribution in [1.82, 2.24) is 4.72 Å². The lowest BCUT2D eigenvalue weighted by molar-refractivity contribution is -0.385. The molecule has 0 aromatic heterocycles. The summed E-state index contributed by atoms with van der Waals surface area (Å²) >= 11 is 0. The van der Waals surface area contributed by atoms with Gasteiger partial charge < -0.3 is 9.47 Å². The standard InChI is InChI=1S/C31H34N2O8S/c1-21(34)41-26-16-10-22(11-17-26)9-12-23-15-18-27(20-29(23)33(36)37)42(38,39)32-31-25-14-13-24(19-25)28(31)7-5-3-4-6-8-30(35)40-2/h3,5,10-11,15-18,20,24-25,28,31-32H,4,6-8,13-14,19H2,1-2H3/b5-3-/t24-,25+,28+,31+/m0/s1. The van der Waals surface area contributed by atoms with E-state index in [1.165, 1.54) is 26.2 Å². The van der Waals surface area contributed by atoms with Gasteiger partial charge in [-0.25, -0.2) is 13.1 Å². The van der Waals surface area contributed by atoms with E-state index in [-0.39, 0.29) is 34.3 Å². The molecule has 11 heteroatoms. The number of carbonyl (C=O) groups is 2. The Morgan fingerprint density at radius 2 is 1.83 bits per heavy atom. The molecular weight excluding hydrogens is 560 g/mol. The second kappa shape index (κ2) is 13.8. The summed E-state index contributed by atoms with van der Waals surface area (Å²) in [5, 5.41) is 11.8. The van der Waals surface area contributed by atoms with Gasteiger partial charge in [-0.05, 0) is 92.7 Å². The number of nitrogens with one attached hydrogen (secondary N) is 1. The van der Waals surface area contributed by atoms with E-state index in [1.807, 2.05) is 6.08 Å². The van der Waals surface area contributed by atoms with Crippen LogP contribution in [0.5, 0.6) is 5.75 Å². The summed E-state index contributed by atoms with van der Waals surface area (Å²) < 4.78 is 39.4. The van der Waals surface area contributed by atoms with E-state index in [1.54, 1.807) is 24.3 Å². The molecule has 222 valence electrons. The summed E-state index contributed by atoms with van der Waals surface area (Å²) in [6, 6.07) is 9.85. The quantitative estimate of drug-likeness (QED) is 0.0736. The fourth-order valence-corrected chi connectivity index (χ4v) is 7.24. The Morgan fingerprint density at radius 3 is 2.52 bits per heavy atom. The molecule has 0 saturated heterocycles. The monoisotopic (exact) mass is 594 g/mol. The zero-order valence-electron chi connectivity index (χ0n) is 23.6. The van der Waals surface area contributed by atoms with Crippen molar-refractivity contribution in [1.29, 1.82) is 0 Å². The van der Waals surface area contributed by atoms with Crippen LogP contribution in [-0.2, 0) is 24.3 Å². The van der Waals surface area contributed by atoms with Crippen molar-refractivity contribution in [3.05, 3.63) is 75.9 Å². The Labute approximate surface area is 245 Å². The maximum Gasteiger partial charge on any atom is 0.308 e. The third-order valence-electron chi connectivity index (χ3n) is 7.87. The number of hydrogen-bond donors (Lipinski definition) is 1. The summed E-state index contributed by atoms with van der Waals surface area (Å²) in [6.45, 7) is 1.29. The first-order valence-electron chi connectivity index (χ1n) is 13.9. The van der Waals surface area contributed by atoms with Gasteiger partial charge in [-0.15, -0.1) is 0 Å². The molecule has 2 fully saturated rings. The predicted octanol–water partition coefficient (Wildman–Crippen LogP) is 4.90. The van der Waals surface area contributed by atoms with Gasteiger partial charge in [0.05, 0.1) is 16.9 Å². The molecule has 2 aliphatic rings. The molecule has 4 atom stereocenters.